The molecular weight excluding hydrogens is 426 g/mol. The minimum Gasteiger partial charge on any atom is -0.285 e. The summed E-state index contributed by atoms with van der Waals surface area (Å²) in [7, 11) is 1.24. The monoisotopic (exact) mass is 435 g/mol. The molecule has 2 heterocycles. The molecule has 12 heteroatoms. The number of nitrogens with zero attached hydrogens (tertiary/aromatic N) is 3. The molecule has 1 amide bonds. The SMILES string of the molecule is CC(Cc1c(Cl)sc(Cl)c1Cl)N(O)C(=O)c1cn(C)nc1C(F)(F)F. The van der Waals surface area contributed by atoms with E-state index in [0.29, 0.717) is 5.56 Å². The number of hydrogen-bond donors (Lipinski definition) is 1. The van der Waals surface area contributed by atoms with E-state index in [4.69, 9.17) is 34.8 Å². The molecule has 1 unspecified atom stereocenters. The average molecular weight is 437 g/mol. The van der Waals surface area contributed by atoms with Gasteiger partial charge in [0.2, 0.25) is 0 Å². The van der Waals surface area contributed by atoms with Crippen LogP contribution in [0.3, 0.4) is 0 Å². The first-order valence-electron chi connectivity index (χ1n) is 6.68. The van der Waals surface area contributed by atoms with Gasteiger partial charge in [-0.05, 0) is 13.3 Å². The van der Waals surface area contributed by atoms with Crippen LogP contribution in [-0.2, 0) is 19.6 Å². The van der Waals surface area contributed by atoms with Crippen molar-refractivity contribution in [3.63, 3.8) is 0 Å². The topological polar surface area (TPSA) is 58.4 Å². The van der Waals surface area contributed by atoms with Crippen molar-refractivity contribution in [1.29, 1.82) is 0 Å². The first kappa shape index (κ1) is 20.3. The predicted molar refractivity (Wildman–Crippen MR) is 88.7 cm³/mol. The highest BCUT2D eigenvalue weighted by Crippen LogP contribution is 2.41. The van der Waals surface area contributed by atoms with Crippen LogP contribution >= 0.6 is 46.1 Å². The molecule has 25 heavy (non-hydrogen) atoms. The van der Waals surface area contributed by atoms with Crippen molar-refractivity contribution in [1.82, 2.24) is 14.8 Å². The lowest BCUT2D eigenvalue weighted by Crippen LogP contribution is -2.37. The van der Waals surface area contributed by atoms with E-state index in [1.54, 1.807) is 0 Å². The number of thiophene rings is 1. The van der Waals surface area contributed by atoms with Gasteiger partial charge in [0.25, 0.3) is 5.91 Å². The highest BCUT2D eigenvalue weighted by Gasteiger charge is 2.40. The number of hydrogen-bond acceptors (Lipinski definition) is 4. The zero-order valence-electron chi connectivity index (χ0n) is 12.7. The van der Waals surface area contributed by atoms with Crippen LogP contribution in [0.1, 0.15) is 28.5 Å². The van der Waals surface area contributed by atoms with Gasteiger partial charge >= 0.3 is 6.18 Å². The minimum atomic E-state index is -4.83. The summed E-state index contributed by atoms with van der Waals surface area (Å²) < 4.78 is 40.3. The summed E-state index contributed by atoms with van der Waals surface area (Å²) in [5.74, 6) is -1.23. The summed E-state index contributed by atoms with van der Waals surface area (Å²) in [5.41, 5.74) is -1.73. The smallest absolute Gasteiger partial charge is 0.285 e. The van der Waals surface area contributed by atoms with Crippen LogP contribution in [0.4, 0.5) is 13.2 Å². The maximum atomic E-state index is 13.0. The molecule has 5 nitrogen and oxygen atoms in total. The van der Waals surface area contributed by atoms with Crippen molar-refractivity contribution in [3.8, 4) is 0 Å². The zero-order chi connectivity index (χ0) is 19.1. The minimum absolute atomic E-state index is 0.00470. The summed E-state index contributed by atoms with van der Waals surface area (Å²) in [4.78, 5) is 12.3. The average Bonchev–Trinajstić information content (AvgIpc) is 3.01. The Kier molecular flexibility index (Phi) is 5.95. The Bertz CT molecular complexity index is 807. The van der Waals surface area contributed by atoms with E-state index in [2.05, 4.69) is 5.10 Å². The van der Waals surface area contributed by atoms with Gasteiger partial charge in [0.1, 0.15) is 4.34 Å². The van der Waals surface area contributed by atoms with Crippen molar-refractivity contribution in [2.45, 2.75) is 25.6 Å². The van der Waals surface area contributed by atoms with E-state index in [0.717, 1.165) is 22.2 Å². The van der Waals surface area contributed by atoms with E-state index >= 15 is 0 Å². The summed E-state index contributed by atoms with van der Waals surface area (Å²) in [6.07, 6.45) is -3.93. The summed E-state index contributed by atoms with van der Waals surface area (Å²) >= 11 is 18.8. The fourth-order valence-electron chi connectivity index (χ4n) is 2.12. The first-order chi connectivity index (χ1) is 11.4. The number of hydroxylamine groups is 2. The molecule has 0 saturated heterocycles. The number of aryl methyl sites for hydroxylation is 1. The van der Waals surface area contributed by atoms with Crippen molar-refractivity contribution in [2.75, 3.05) is 0 Å². The third-order valence-electron chi connectivity index (χ3n) is 3.31. The summed E-state index contributed by atoms with van der Waals surface area (Å²) in [6, 6.07) is -0.908. The molecule has 0 bridgehead atoms. The lowest BCUT2D eigenvalue weighted by molar-refractivity contribution is -0.142. The Morgan fingerprint density at radius 3 is 2.48 bits per heavy atom. The fraction of sp³-hybridized carbons (Fsp3) is 0.385. The molecule has 0 aliphatic carbocycles. The van der Waals surface area contributed by atoms with Crippen LogP contribution < -0.4 is 0 Å². The van der Waals surface area contributed by atoms with Gasteiger partial charge in [0.15, 0.2) is 5.69 Å². The Balaban J connectivity index is 2.25. The Morgan fingerprint density at radius 2 is 2.00 bits per heavy atom. The van der Waals surface area contributed by atoms with Crippen LogP contribution in [0.25, 0.3) is 0 Å². The van der Waals surface area contributed by atoms with Gasteiger partial charge in [-0.25, -0.2) is 5.06 Å². The number of aromatic nitrogens is 2. The third-order valence-corrected chi connectivity index (χ3v) is 5.62. The normalized spacial score (nSPS) is 13.2. The van der Waals surface area contributed by atoms with Crippen LogP contribution in [-0.4, -0.2) is 32.0 Å². The molecule has 2 aromatic heterocycles. The van der Waals surface area contributed by atoms with E-state index in [1.165, 1.54) is 14.0 Å². The molecule has 0 aromatic carbocycles. The second kappa shape index (κ2) is 7.32. The molecule has 2 aromatic rings. The largest absolute Gasteiger partial charge is 0.435 e. The molecule has 0 spiro atoms. The lowest BCUT2D eigenvalue weighted by Gasteiger charge is -2.22. The highest BCUT2D eigenvalue weighted by atomic mass is 35.5. The molecule has 0 fully saturated rings. The molecule has 0 radical (unpaired) electrons. The predicted octanol–water partition coefficient (Wildman–Crippen LogP) is 4.92. The van der Waals surface area contributed by atoms with E-state index < -0.39 is 29.4 Å². The molecule has 0 saturated carbocycles. The van der Waals surface area contributed by atoms with Gasteiger partial charge in [-0.2, -0.15) is 18.3 Å². The first-order valence-corrected chi connectivity index (χ1v) is 8.64. The van der Waals surface area contributed by atoms with Gasteiger partial charge < -0.3 is 0 Å². The maximum Gasteiger partial charge on any atom is 0.435 e. The van der Waals surface area contributed by atoms with Crippen molar-refractivity contribution < 1.29 is 23.2 Å². The Hall–Kier alpha value is -1.00. The molecule has 1 N–H and O–H groups in total. The third kappa shape index (κ3) is 4.22. The van der Waals surface area contributed by atoms with Crippen LogP contribution in [0, 0.1) is 0 Å². The number of rotatable bonds is 4. The molecular formula is C13H11Cl3F3N3O2S. The summed E-state index contributed by atoms with van der Waals surface area (Å²) in [5, 5.41) is 13.7. The number of amides is 1. The van der Waals surface area contributed by atoms with Gasteiger partial charge in [0.05, 0.1) is 21.0 Å². The zero-order valence-corrected chi connectivity index (χ0v) is 15.8. The Labute approximate surface area is 159 Å². The lowest BCUT2D eigenvalue weighted by atomic mass is 10.1. The standard InChI is InChI=1S/C13H11Cl3F3N3O2S/c1-5(3-6-8(14)11(16)25-10(6)15)22(24)12(23)7-4-21(2)20-9(7)13(17,18)19/h4-5,24H,3H2,1-2H3. The second-order valence-corrected chi connectivity index (χ2v) is 7.81. The highest BCUT2D eigenvalue weighted by molar-refractivity contribution is 7.20. The molecule has 0 aliphatic rings. The molecule has 138 valence electrons. The quantitative estimate of drug-likeness (QED) is 0.546. The van der Waals surface area contributed by atoms with Crippen molar-refractivity contribution in [2.24, 2.45) is 7.05 Å². The van der Waals surface area contributed by atoms with Crippen LogP contribution in [0.2, 0.25) is 13.7 Å². The van der Waals surface area contributed by atoms with Crippen molar-refractivity contribution in [3.05, 3.63) is 36.7 Å². The van der Waals surface area contributed by atoms with Gasteiger partial charge in [-0.15, -0.1) is 11.3 Å². The number of carbonyl (C=O) groups excluding carboxylic acids is 1. The van der Waals surface area contributed by atoms with Crippen molar-refractivity contribution >= 4 is 52.0 Å². The second-order valence-electron chi connectivity index (χ2n) is 5.21. The summed E-state index contributed by atoms with van der Waals surface area (Å²) in [6.45, 7) is 1.43. The molecule has 1 atom stereocenters. The molecule has 2 rings (SSSR count). The Morgan fingerprint density at radius 1 is 1.40 bits per heavy atom. The van der Waals surface area contributed by atoms with Gasteiger partial charge in [0, 0.05) is 18.8 Å². The van der Waals surface area contributed by atoms with E-state index in [-0.39, 0.29) is 25.2 Å². The maximum absolute atomic E-state index is 13.0. The molecule has 0 aliphatic heterocycles. The number of alkyl halides is 3. The van der Waals surface area contributed by atoms with Crippen LogP contribution in [0.15, 0.2) is 6.20 Å². The van der Waals surface area contributed by atoms with E-state index in [9.17, 15) is 23.2 Å². The van der Waals surface area contributed by atoms with Crippen LogP contribution in [0.5, 0.6) is 0 Å². The number of halogens is 6. The number of carbonyl (C=O) groups is 1. The van der Waals surface area contributed by atoms with Gasteiger partial charge in [-0.3, -0.25) is 14.7 Å². The van der Waals surface area contributed by atoms with Gasteiger partial charge in [-0.1, -0.05) is 34.8 Å². The fourth-order valence-corrected chi connectivity index (χ4v) is 4.06. The van der Waals surface area contributed by atoms with E-state index in [1.807, 2.05) is 0 Å².